The number of carbonyl (C=O) groups is 1. The fraction of sp³-hybridized carbons (Fsp3) is 0.792. The van der Waals surface area contributed by atoms with Crippen LogP contribution in [-0.2, 0) is 17.8 Å². The van der Waals surface area contributed by atoms with Crippen LogP contribution in [0, 0.1) is 5.92 Å². The Balaban J connectivity index is 1.23. The molecule has 30 heavy (non-hydrogen) atoms. The van der Waals surface area contributed by atoms with Crippen LogP contribution in [0.25, 0.3) is 0 Å². The molecule has 1 aromatic rings. The van der Waals surface area contributed by atoms with Crippen molar-refractivity contribution in [2.24, 2.45) is 5.92 Å². The summed E-state index contributed by atoms with van der Waals surface area (Å²) in [6.07, 6.45) is 12.9. The summed E-state index contributed by atoms with van der Waals surface area (Å²) >= 11 is 0. The van der Waals surface area contributed by atoms with Crippen LogP contribution < -0.4 is 5.56 Å². The van der Waals surface area contributed by atoms with E-state index in [0.29, 0.717) is 18.5 Å². The van der Waals surface area contributed by atoms with E-state index in [4.69, 9.17) is 4.98 Å². The molecule has 0 unspecified atom stereocenters. The summed E-state index contributed by atoms with van der Waals surface area (Å²) < 4.78 is 1.88. The van der Waals surface area contributed by atoms with Gasteiger partial charge in [-0.3, -0.25) is 19.1 Å². The number of rotatable bonds is 3. The standard InChI is InChI=1S/C24H36N4O2/c29-23-15-20(25-22-10-2-1-5-12-28(22)23)19-11-14-26(16-19)17-24(30)27-13-6-8-18-7-3-4-9-21(18)27/h15,18-19,21H,1-14,16-17H2/t18-,19+,21+/m1/s1. The Bertz CT molecular complexity index is 833. The van der Waals surface area contributed by atoms with Gasteiger partial charge in [0, 0.05) is 44.1 Å². The first-order valence-electron chi connectivity index (χ1n) is 12.3. The molecule has 0 N–H and O–H groups in total. The maximum Gasteiger partial charge on any atom is 0.253 e. The Hall–Kier alpha value is -1.69. The lowest BCUT2D eigenvalue weighted by Gasteiger charge is -2.44. The van der Waals surface area contributed by atoms with E-state index >= 15 is 0 Å². The van der Waals surface area contributed by atoms with Gasteiger partial charge in [-0.1, -0.05) is 19.3 Å². The number of aromatic nitrogens is 2. The third-order valence-electron chi connectivity index (χ3n) is 8.00. The topological polar surface area (TPSA) is 58.4 Å². The first kappa shape index (κ1) is 20.2. The van der Waals surface area contributed by atoms with Gasteiger partial charge in [-0.25, -0.2) is 4.98 Å². The number of piperidine rings is 1. The van der Waals surface area contributed by atoms with Crippen LogP contribution in [0.4, 0.5) is 0 Å². The minimum atomic E-state index is 0.114. The Kier molecular flexibility index (Phi) is 5.94. The Morgan fingerprint density at radius 1 is 0.967 bits per heavy atom. The van der Waals surface area contributed by atoms with Gasteiger partial charge < -0.3 is 4.90 Å². The fourth-order valence-corrected chi connectivity index (χ4v) is 6.38. The maximum absolute atomic E-state index is 13.2. The molecule has 3 fully saturated rings. The molecule has 3 aliphatic heterocycles. The third kappa shape index (κ3) is 4.08. The molecule has 6 nitrogen and oxygen atoms in total. The number of hydrogen-bond donors (Lipinski definition) is 0. The predicted octanol–water partition coefficient (Wildman–Crippen LogP) is 2.94. The van der Waals surface area contributed by atoms with Crippen LogP contribution in [0.5, 0.6) is 0 Å². The summed E-state index contributed by atoms with van der Waals surface area (Å²) in [5.74, 6) is 2.31. The second-order valence-corrected chi connectivity index (χ2v) is 9.96. The molecule has 3 atom stereocenters. The van der Waals surface area contributed by atoms with E-state index in [9.17, 15) is 9.59 Å². The molecule has 4 aliphatic rings. The van der Waals surface area contributed by atoms with Crippen molar-refractivity contribution in [1.29, 1.82) is 0 Å². The van der Waals surface area contributed by atoms with Crippen LogP contribution in [-0.4, -0.2) is 57.5 Å². The highest BCUT2D eigenvalue weighted by Gasteiger charge is 2.37. The van der Waals surface area contributed by atoms with Crippen molar-refractivity contribution in [2.75, 3.05) is 26.2 Å². The molecule has 0 aromatic carbocycles. The van der Waals surface area contributed by atoms with E-state index in [1.54, 1.807) is 6.07 Å². The van der Waals surface area contributed by atoms with Crippen LogP contribution in [0.15, 0.2) is 10.9 Å². The number of carbonyl (C=O) groups excluding carboxylic acids is 1. The van der Waals surface area contributed by atoms with Crippen LogP contribution in [0.2, 0.25) is 0 Å². The van der Waals surface area contributed by atoms with Crippen molar-refractivity contribution in [3.8, 4) is 0 Å². The normalized spacial score (nSPS) is 29.9. The average Bonchev–Trinajstić information content (AvgIpc) is 3.09. The maximum atomic E-state index is 13.2. The second kappa shape index (κ2) is 8.81. The third-order valence-corrected chi connectivity index (χ3v) is 8.00. The highest BCUT2D eigenvalue weighted by Crippen LogP contribution is 2.35. The zero-order valence-electron chi connectivity index (χ0n) is 18.2. The molecule has 1 aliphatic carbocycles. The second-order valence-electron chi connectivity index (χ2n) is 9.96. The Labute approximate surface area is 179 Å². The number of likely N-dealkylation sites (tertiary alicyclic amines) is 2. The van der Waals surface area contributed by atoms with Crippen LogP contribution >= 0.6 is 0 Å². The summed E-state index contributed by atoms with van der Waals surface area (Å²) in [6, 6.07) is 2.26. The zero-order valence-corrected chi connectivity index (χ0v) is 18.2. The molecular weight excluding hydrogens is 376 g/mol. The fourth-order valence-electron chi connectivity index (χ4n) is 6.38. The molecule has 6 heteroatoms. The Morgan fingerprint density at radius 3 is 2.77 bits per heavy atom. The van der Waals surface area contributed by atoms with E-state index < -0.39 is 0 Å². The van der Waals surface area contributed by atoms with Gasteiger partial charge in [-0.15, -0.1) is 0 Å². The van der Waals surface area contributed by atoms with Gasteiger partial charge in [0.15, 0.2) is 0 Å². The van der Waals surface area contributed by atoms with Crippen molar-refractivity contribution >= 4 is 5.91 Å². The smallest absolute Gasteiger partial charge is 0.253 e. The molecule has 164 valence electrons. The monoisotopic (exact) mass is 412 g/mol. The van der Waals surface area contributed by atoms with E-state index in [0.717, 1.165) is 69.3 Å². The van der Waals surface area contributed by atoms with Gasteiger partial charge in [0.1, 0.15) is 5.82 Å². The zero-order chi connectivity index (χ0) is 20.5. The lowest BCUT2D eigenvalue weighted by Crippen LogP contribution is -2.52. The van der Waals surface area contributed by atoms with E-state index in [2.05, 4.69) is 9.80 Å². The first-order valence-corrected chi connectivity index (χ1v) is 12.3. The van der Waals surface area contributed by atoms with Crippen molar-refractivity contribution < 1.29 is 4.79 Å². The molecule has 2 saturated heterocycles. The number of hydrogen-bond acceptors (Lipinski definition) is 4. The largest absolute Gasteiger partial charge is 0.338 e. The summed E-state index contributed by atoms with van der Waals surface area (Å²) in [5, 5.41) is 0. The lowest BCUT2D eigenvalue weighted by molar-refractivity contribution is -0.138. The van der Waals surface area contributed by atoms with Gasteiger partial charge in [0.2, 0.25) is 5.91 Å². The van der Waals surface area contributed by atoms with Crippen molar-refractivity contribution in [2.45, 2.75) is 89.1 Å². The molecule has 1 saturated carbocycles. The number of aryl methyl sites for hydroxylation is 1. The van der Waals surface area contributed by atoms with E-state index in [1.165, 1.54) is 44.9 Å². The number of fused-ring (bicyclic) bond motifs is 2. The van der Waals surface area contributed by atoms with E-state index in [-0.39, 0.29) is 11.5 Å². The lowest BCUT2D eigenvalue weighted by atomic mass is 9.78. The summed E-state index contributed by atoms with van der Waals surface area (Å²) in [5.41, 5.74) is 1.07. The van der Waals surface area contributed by atoms with Crippen molar-refractivity contribution in [3.05, 3.63) is 27.9 Å². The molecular formula is C24H36N4O2. The Morgan fingerprint density at radius 2 is 1.83 bits per heavy atom. The predicted molar refractivity (Wildman–Crippen MR) is 117 cm³/mol. The number of amides is 1. The van der Waals surface area contributed by atoms with Crippen LogP contribution in [0.3, 0.4) is 0 Å². The van der Waals surface area contributed by atoms with Gasteiger partial charge in [0.25, 0.3) is 5.56 Å². The molecule has 1 aromatic heterocycles. The highest BCUT2D eigenvalue weighted by molar-refractivity contribution is 5.78. The van der Waals surface area contributed by atoms with Gasteiger partial charge in [-0.2, -0.15) is 0 Å². The molecule has 5 rings (SSSR count). The van der Waals surface area contributed by atoms with Gasteiger partial charge in [0.05, 0.1) is 12.2 Å². The van der Waals surface area contributed by atoms with Gasteiger partial charge in [-0.05, 0) is 57.4 Å². The summed E-state index contributed by atoms with van der Waals surface area (Å²) in [7, 11) is 0. The summed E-state index contributed by atoms with van der Waals surface area (Å²) in [4.78, 5) is 35.2. The van der Waals surface area contributed by atoms with E-state index in [1.807, 2.05) is 4.57 Å². The summed E-state index contributed by atoms with van der Waals surface area (Å²) in [6.45, 7) is 4.07. The molecule has 0 spiro atoms. The average molecular weight is 413 g/mol. The highest BCUT2D eigenvalue weighted by atomic mass is 16.2. The molecule has 0 radical (unpaired) electrons. The molecule has 0 bridgehead atoms. The molecule has 1 amide bonds. The van der Waals surface area contributed by atoms with Gasteiger partial charge >= 0.3 is 0 Å². The quantitative estimate of drug-likeness (QED) is 0.766. The van der Waals surface area contributed by atoms with Crippen molar-refractivity contribution in [3.63, 3.8) is 0 Å². The SMILES string of the molecule is O=C(CN1CC[C@H](c2cc(=O)n3c(n2)CCCCC3)C1)N1CCC[C@H]2CCCC[C@@H]21. The van der Waals surface area contributed by atoms with Crippen molar-refractivity contribution in [1.82, 2.24) is 19.4 Å². The van der Waals surface area contributed by atoms with Crippen LogP contribution in [0.1, 0.15) is 81.6 Å². The first-order chi connectivity index (χ1) is 14.7. The minimum Gasteiger partial charge on any atom is -0.338 e. The minimum absolute atomic E-state index is 0.114. The molecule has 4 heterocycles. The number of nitrogens with zero attached hydrogens (tertiary/aromatic N) is 4.